The highest BCUT2D eigenvalue weighted by molar-refractivity contribution is 8.14. The lowest BCUT2D eigenvalue weighted by Crippen LogP contribution is -2.38. The first-order valence-electron chi connectivity index (χ1n) is 8.23. The molecule has 0 bridgehead atoms. The van der Waals surface area contributed by atoms with E-state index in [1.807, 2.05) is 13.0 Å². The molecule has 1 unspecified atom stereocenters. The third kappa shape index (κ3) is 4.05. The molecule has 2 aromatic rings. The maximum atomic E-state index is 12.3. The van der Waals surface area contributed by atoms with Gasteiger partial charge < -0.3 is 5.32 Å². The van der Waals surface area contributed by atoms with Crippen LogP contribution in [0.3, 0.4) is 0 Å². The fourth-order valence-electron chi connectivity index (χ4n) is 2.69. The summed E-state index contributed by atoms with van der Waals surface area (Å²) in [6.45, 7) is 6.14. The standard InChI is InChI=1S/C17H19Cl2N5OS/c1-9(2)14-7-26-17(25)24(14)16-21-8-20-15(23-16)22-10(3)11-4-5-12(18)13(19)6-11/h4-6,8-10,14H,7H2,1-3H3,(H,20,21,22,23)/t10-,14?/m0/s1. The molecular formula is C17H19Cl2N5OS. The number of carbonyl (C=O) groups is 1. The lowest BCUT2D eigenvalue weighted by atomic mass is 10.1. The molecule has 6 nitrogen and oxygen atoms in total. The molecule has 3 rings (SSSR count). The number of aromatic nitrogens is 3. The lowest BCUT2D eigenvalue weighted by Gasteiger charge is -2.25. The van der Waals surface area contributed by atoms with Crippen molar-refractivity contribution in [2.24, 2.45) is 5.92 Å². The van der Waals surface area contributed by atoms with E-state index in [0.717, 1.165) is 11.3 Å². The van der Waals surface area contributed by atoms with Crippen LogP contribution in [-0.4, -0.2) is 32.0 Å². The highest BCUT2D eigenvalue weighted by atomic mass is 35.5. The number of nitrogens with one attached hydrogen (secondary N) is 1. The number of nitrogens with zero attached hydrogens (tertiary/aromatic N) is 4. The number of rotatable bonds is 5. The molecule has 0 saturated carbocycles. The van der Waals surface area contributed by atoms with Crippen molar-refractivity contribution < 1.29 is 4.79 Å². The summed E-state index contributed by atoms with van der Waals surface area (Å²) in [7, 11) is 0. The lowest BCUT2D eigenvalue weighted by molar-refractivity contribution is 0.263. The van der Waals surface area contributed by atoms with Crippen molar-refractivity contribution in [2.75, 3.05) is 16.0 Å². The van der Waals surface area contributed by atoms with E-state index in [-0.39, 0.29) is 17.3 Å². The molecule has 0 spiro atoms. The minimum absolute atomic E-state index is 0.0293. The first kappa shape index (κ1) is 19.2. The largest absolute Gasteiger partial charge is 0.348 e. The second-order valence-electron chi connectivity index (χ2n) is 6.41. The summed E-state index contributed by atoms with van der Waals surface area (Å²) >= 11 is 13.3. The fourth-order valence-corrected chi connectivity index (χ4v) is 4.20. The minimum atomic E-state index is -0.0930. The van der Waals surface area contributed by atoms with Gasteiger partial charge in [-0.15, -0.1) is 0 Å². The van der Waals surface area contributed by atoms with E-state index < -0.39 is 0 Å². The van der Waals surface area contributed by atoms with E-state index in [1.165, 1.54) is 18.1 Å². The normalized spacial score (nSPS) is 18.5. The first-order valence-corrected chi connectivity index (χ1v) is 9.97. The highest BCUT2D eigenvalue weighted by Crippen LogP contribution is 2.32. The van der Waals surface area contributed by atoms with E-state index in [9.17, 15) is 4.79 Å². The molecule has 1 fully saturated rings. The summed E-state index contributed by atoms with van der Waals surface area (Å²) < 4.78 is 0. The third-order valence-corrected chi connectivity index (χ3v) is 5.93. The van der Waals surface area contributed by atoms with Gasteiger partial charge in [0.15, 0.2) is 0 Å². The quantitative estimate of drug-likeness (QED) is 0.741. The zero-order valence-corrected chi connectivity index (χ0v) is 16.9. The average molecular weight is 412 g/mol. The maximum absolute atomic E-state index is 12.3. The summed E-state index contributed by atoms with van der Waals surface area (Å²) in [5.41, 5.74) is 0.953. The predicted octanol–water partition coefficient (Wildman–Crippen LogP) is 5.05. The van der Waals surface area contributed by atoms with Crippen LogP contribution in [-0.2, 0) is 0 Å². The van der Waals surface area contributed by atoms with Gasteiger partial charge in [-0.1, -0.05) is 54.9 Å². The maximum Gasteiger partial charge on any atom is 0.288 e. The number of amides is 1. The Morgan fingerprint density at radius 1 is 1.23 bits per heavy atom. The van der Waals surface area contributed by atoms with Crippen LogP contribution < -0.4 is 10.2 Å². The molecule has 9 heteroatoms. The van der Waals surface area contributed by atoms with E-state index in [0.29, 0.717) is 27.9 Å². The van der Waals surface area contributed by atoms with Crippen LogP contribution in [0.5, 0.6) is 0 Å². The Hall–Kier alpha value is -1.57. The van der Waals surface area contributed by atoms with Crippen molar-refractivity contribution >= 4 is 52.1 Å². The Bertz CT molecular complexity index is 819. The molecule has 2 atom stereocenters. The van der Waals surface area contributed by atoms with Crippen molar-refractivity contribution in [3.05, 3.63) is 40.1 Å². The van der Waals surface area contributed by atoms with Gasteiger partial charge in [-0.3, -0.25) is 9.69 Å². The van der Waals surface area contributed by atoms with Crippen LogP contribution in [0.1, 0.15) is 32.4 Å². The van der Waals surface area contributed by atoms with Gasteiger partial charge in [-0.05, 0) is 30.5 Å². The van der Waals surface area contributed by atoms with Gasteiger partial charge >= 0.3 is 0 Å². The summed E-state index contributed by atoms with van der Waals surface area (Å²) in [4.78, 5) is 26.7. The van der Waals surface area contributed by atoms with Gasteiger partial charge in [0.05, 0.1) is 22.1 Å². The molecule has 26 heavy (non-hydrogen) atoms. The summed E-state index contributed by atoms with van der Waals surface area (Å²) in [5.74, 6) is 1.83. The third-order valence-electron chi connectivity index (χ3n) is 4.24. The molecule has 0 radical (unpaired) electrons. The molecule has 1 aromatic carbocycles. The average Bonchev–Trinajstić information content (AvgIpc) is 2.99. The molecule has 1 saturated heterocycles. The topological polar surface area (TPSA) is 71.0 Å². The first-order chi connectivity index (χ1) is 12.4. The van der Waals surface area contributed by atoms with Crippen LogP contribution >= 0.6 is 35.0 Å². The van der Waals surface area contributed by atoms with Crippen LogP contribution in [0.15, 0.2) is 24.5 Å². The molecular weight excluding hydrogens is 393 g/mol. The molecule has 2 heterocycles. The number of halogens is 2. The van der Waals surface area contributed by atoms with E-state index in [1.54, 1.807) is 17.0 Å². The monoisotopic (exact) mass is 411 g/mol. The Balaban J connectivity index is 1.81. The zero-order chi connectivity index (χ0) is 18.8. The van der Waals surface area contributed by atoms with Gasteiger partial charge in [0, 0.05) is 5.75 Å². The predicted molar refractivity (Wildman–Crippen MR) is 107 cm³/mol. The Morgan fingerprint density at radius 2 is 2.00 bits per heavy atom. The number of hydrogen-bond acceptors (Lipinski definition) is 6. The second kappa shape index (κ2) is 7.98. The fraction of sp³-hybridized carbons (Fsp3) is 0.412. The summed E-state index contributed by atoms with van der Waals surface area (Å²) in [5, 5.41) is 4.19. The van der Waals surface area contributed by atoms with Crippen LogP contribution in [0, 0.1) is 5.92 Å². The number of carbonyl (C=O) groups excluding carboxylic acids is 1. The Labute approximate surface area is 166 Å². The van der Waals surface area contributed by atoms with Crippen LogP contribution in [0.4, 0.5) is 16.7 Å². The summed E-state index contributed by atoms with van der Waals surface area (Å²) in [6, 6.07) is 5.44. The summed E-state index contributed by atoms with van der Waals surface area (Å²) in [6.07, 6.45) is 1.42. The molecule has 1 aromatic heterocycles. The van der Waals surface area contributed by atoms with E-state index in [4.69, 9.17) is 23.2 Å². The van der Waals surface area contributed by atoms with Crippen LogP contribution in [0.2, 0.25) is 10.0 Å². The second-order valence-corrected chi connectivity index (χ2v) is 8.19. The molecule has 138 valence electrons. The van der Waals surface area contributed by atoms with Crippen molar-refractivity contribution in [1.29, 1.82) is 0 Å². The van der Waals surface area contributed by atoms with Crippen molar-refractivity contribution in [1.82, 2.24) is 15.0 Å². The van der Waals surface area contributed by atoms with E-state index in [2.05, 4.69) is 34.1 Å². The number of benzene rings is 1. The Kier molecular flexibility index (Phi) is 5.89. The number of hydrogen-bond donors (Lipinski definition) is 1. The number of thioether (sulfide) groups is 1. The zero-order valence-electron chi connectivity index (χ0n) is 14.6. The van der Waals surface area contributed by atoms with Gasteiger partial charge in [0.1, 0.15) is 6.33 Å². The molecule has 1 aliphatic rings. The van der Waals surface area contributed by atoms with Crippen molar-refractivity contribution in [2.45, 2.75) is 32.9 Å². The Morgan fingerprint density at radius 3 is 2.69 bits per heavy atom. The van der Waals surface area contributed by atoms with Crippen LogP contribution in [0.25, 0.3) is 0 Å². The SMILES string of the molecule is CC(C)C1CSC(=O)N1c1ncnc(N[C@@H](C)c2ccc(Cl)c(Cl)c2)n1. The van der Waals surface area contributed by atoms with Gasteiger partial charge in [-0.2, -0.15) is 4.98 Å². The van der Waals surface area contributed by atoms with Gasteiger partial charge in [0.25, 0.3) is 5.24 Å². The molecule has 0 aliphatic carbocycles. The minimum Gasteiger partial charge on any atom is -0.348 e. The number of anilines is 2. The van der Waals surface area contributed by atoms with E-state index >= 15 is 0 Å². The molecule has 1 amide bonds. The van der Waals surface area contributed by atoms with Crippen molar-refractivity contribution in [3.8, 4) is 0 Å². The highest BCUT2D eigenvalue weighted by Gasteiger charge is 2.36. The van der Waals surface area contributed by atoms with Gasteiger partial charge in [0.2, 0.25) is 11.9 Å². The van der Waals surface area contributed by atoms with Gasteiger partial charge in [-0.25, -0.2) is 9.97 Å². The molecule has 1 N–H and O–H groups in total. The van der Waals surface area contributed by atoms with Crippen molar-refractivity contribution in [3.63, 3.8) is 0 Å². The molecule has 1 aliphatic heterocycles. The smallest absolute Gasteiger partial charge is 0.288 e.